The van der Waals surface area contributed by atoms with E-state index in [1.54, 1.807) is 18.2 Å². The molecule has 6 heteroatoms. The number of benzene rings is 1. The number of carbonyl (C=O) groups is 1. The van der Waals surface area contributed by atoms with Crippen LogP contribution in [-0.2, 0) is 4.79 Å². The normalized spacial score (nSPS) is 10.9. The van der Waals surface area contributed by atoms with Crippen molar-refractivity contribution in [1.29, 1.82) is 5.26 Å². The van der Waals surface area contributed by atoms with Crippen molar-refractivity contribution in [2.75, 3.05) is 5.32 Å². The molecular weight excluding hydrogens is 327 g/mol. The van der Waals surface area contributed by atoms with E-state index in [0.29, 0.717) is 16.1 Å². The summed E-state index contributed by atoms with van der Waals surface area (Å²) < 4.78 is 18.4. The van der Waals surface area contributed by atoms with Gasteiger partial charge in [-0.1, -0.05) is 0 Å². The van der Waals surface area contributed by atoms with Crippen LogP contribution in [-0.4, -0.2) is 5.91 Å². The van der Waals surface area contributed by atoms with Gasteiger partial charge in [0.05, 0.1) is 0 Å². The molecule has 1 N–H and O–H groups in total. The summed E-state index contributed by atoms with van der Waals surface area (Å²) in [5.41, 5.74) is 0.286. The molecule has 0 atom stereocenters. The maximum Gasteiger partial charge on any atom is 0.266 e. The molecule has 4 nitrogen and oxygen atoms in total. The molecule has 0 saturated carbocycles. The van der Waals surface area contributed by atoms with E-state index in [2.05, 4.69) is 21.2 Å². The summed E-state index contributed by atoms with van der Waals surface area (Å²) in [6, 6.07) is 10.3. The fraction of sp³-hybridized carbons (Fsp3) is 0. The van der Waals surface area contributed by atoms with Crippen LogP contribution >= 0.6 is 15.9 Å². The van der Waals surface area contributed by atoms with E-state index in [-0.39, 0.29) is 5.57 Å². The Morgan fingerprint density at radius 1 is 1.30 bits per heavy atom. The summed E-state index contributed by atoms with van der Waals surface area (Å²) in [5.74, 6) is -0.617. The van der Waals surface area contributed by atoms with Crippen molar-refractivity contribution in [3.63, 3.8) is 0 Å². The van der Waals surface area contributed by atoms with Crippen molar-refractivity contribution in [2.45, 2.75) is 0 Å². The van der Waals surface area contributed by atoms with Gasteiger partial charge in [0.15, 0.2) is 4.67 Å². The number of hydrogen-bond acceptors (Lipinski definition) is 3. The number of rotatable bonds is 3. The summed E-state index contributed by atoms with van der Waals surface area (Å²) in [7, 11) is 0. The zero-order chi connectivity index (χ0) is 14.5. The standard InChI is InChI=1S/C14H8BrFN2O2/c15-13-6-5-12(20-13)7-9(8-17)14(19)18-11-3-1-10(16)2-4-11/h1-7H,(H,18,19)/b9-7+. The van der Waals surface area contributed by atoms with Gasteiger partial charge < -0.3 is 9.73 Å². The minimum absolute atomic E-state index is 0.115. The Bertz CT molecular complexity index is 699. The highest BCUT2D eigenvalue weighted by atomic mass is 79.9. The summed E-state index contributed by atoms with van der Waals surface area (Å²) in [4.78, 5) is 11.9. The molecule has 0 radical (unpaired) electrons. The summed E-state index contributed by atoms with van der Waals surface area (Å²) in [6.07, 6.45) is 1.32. The van der Waals surface area contributed by atoms with E-state index in [4.69, 9.17) is 9.68 Å². The molecule has 0 saturated heterocycles. The number of furan rings is 1. The van der Waals surface area contributed by atoms with E-state index in [1.807, 2.05) is 0 Å². The Kier molecular flexibility index (Phi) is 4.33. The van der Waals surface area contributed by atoms with Gasteiger partial charge >= 0.3 is 0 Å². The first-order chi connectivity index (χ1) is 9.58. The van der Waals surface area contributed by atoms with E-state index >= 15 is 0 Å². The number of nitrogens with zero attached hydrogens (tertiary/aromatic N) is 1. The number of nitrogens with one attached hydrogen (secondary N) is 1. The molecule has 1 heterocycles. The number of carbonyl (C=O) groups excluding carboxylic acids is 1. The number of nitriles is 1. The van der Waals surface area contributed by atoms with Crippen LogP contribution in [0.5, 0.6) is 0 Å². The lowest BCUT2D eigenvalue weighted by molar-refractivity contribution is -0.112. The molecule has 0 aliphatic carbocycles. The number of hydrogen-bond donors (Lipinski definition) is 1. The molecule has 0 aliphatic rings. The minimum Gasteiger partial charge on any atom is -0.450 e. The highest BCUT2D eigenvalue weighted by Crippen LogP contribution is 2.17. The molecule has 1 aromatic carbocycles. The van der Waals surface area contributed by atoms with Gasteiger partial charge in [0.2, 0.25) is 0 Å². The van der Waals surface area contributed by atoms with Crippen molar-refractivity contribution in [2.24, 2.45) is 0 Å². The second-order valence-corrected chi connectivity index (χ2v) is 4.55. The van der Waals surface area contributed by atoms with Crippen molar-refractivity contribution in [3.8, 4) is 6.07 Å². The first kappa shape index (κ1) is 14.0. The average molecular weight is 335 g/mol. The lowest BCUT2D eigenvalue weighted by atomic mass is 10.2. The Balaban J connectivity index is 2.16. The highest BCUT2D eigenvalue weighted by Gasteiger charge is 2.10. The van der Waals surface area contributed by atoms with E-state index in [0.717, 1.165) is 0 Å². The van der Waals surface area contributed by atoms with Crippen LogP contribution in [0.3, 0.4) is 0 Å². The molecule has 0 unspecified atom stereocenters. The second kappa shape index (κ2) is 6.17. The number of halogens is 2. The molecule has 1 amide bonds. The zero-order valence-electron chi connectivity index (χ0n) is 10.1. The predicted molar refractivity (Wildman–Crippen MR) is 75.0 cm³/mol. The first-order valence-electron chi connectivity index (χ1n) is 5.52. The van der Waals surface area contributed by atoms with E-state index in [1.165, 1.54) is 30.3 Å². The fourth-order valence-electron chi connectivity index (χ4n) is 1.43. The fourth-order valence-corrected chi connectivity index (χ4v) is 1.75. The van der Waals surface area contributed by atoms with Gasteiger partial charge in [-0.05, 0) is 52.3 Å². The van der Waals surface area contributed by atoms with Crippen molar-refractivity contribution in [3.05, 3.63) is 58.2 Å². The topological polar surface area (TPSA) is 66.0 Å². The third kappa shape index (κ3) is 3.56. The number of amides is 1. The smallest absolute Gasteiger partial charge is 0.266 e. The molecule has 2 aromatic rings. The van der Waals surface area contributed by atoms with Crippen LogP contribution in [0.2, 0.25) is 0 Å². The highest BCUT2D eigenvalue weighted by molar-refractivity contribution is 9.10. The lowest BCUT2D eigenvalue weighted by Crippen LogP contribution is -2.13. The zero-order valence-corrected chi connectivity index (χ0v) is 11.6. The van der Waals surface area contributed by atoms with Crippen LogP contribution < -0.4 is 5.32 Å². The molecule has 20 heavy (non-hydrogen) atoms. The minimum atomic E-state index is -0.591. The molecular formula is C14H8BrFN2O2. The summed E-state index contributed by atoms with van der Waals surface area (Å²) in [6.45, 7) is 0. The maximum absolute atomic E-state index is 12.7. The third-order valence-electron chi connectivity index (χ3n) is 2.35. The number of anilines is 1. The van der Waals surface area contributed by atoms with Crippen molar-refractivity contribution < 1.29 is 13.6 Å². The van der Waals surface area contributed by atoms with Crippen LogP contribution in [0.4, 0.5) is 10.1 Å². The monoisotopic (exact) mass is 334 g/mol. The Morgan fingerprint density at radius 3 is 2.55 bits per heavy atom. The molecule has 1 aromatic heterocycles. The van der Waals surface area contributed by atoms with Crippen molar-refractivity contribution in [1.82, 2.24) is 0 Å². The molecule has 100 valence electrons. The van der Waals surface area contributed by atoms with Gasteiger partial charge in [0.1, 0.15) is 23.2 Å². The molecule has 0 bridgehead atoms. The Hall–Kier alpha value is -2.39. The molecule has 0 fully saturated rings. The van der Waals surface area contributed by atoms with Crippen LogP contribution in [0.1, 0.15) is 5.76 Å². The average Bonchev–Trinajstić information content (AvgIpc) is 2.84. The largest absolute Gasteiger partial charge is 0.450 e. The molecule has 2 rings (SSSR count). The Labute approximate surface area is 122 Å². The summed E-state index contributed by atoms with van der Waals surface area (Å²) >= 11 is 3.13. The second-order valence-electron chi connectivity index (χ2n) is 3.77. The third-order valence-corrected chi connectivity index (χ3v) is 2.77. The van der Waals surface area contributed by atoms with Gasteiger partial charge in [-0.15, -0.1) is 0 Å². The first-order valence-corrected chi connectivity index (χ1v) is 6.32. The lowest BCUT2D eigenvalue weighted by Gasteiger charge is -2.03. The van der Waals surface area contributed by atoms with Gasteiger partial charge in [0, 0.05) is 11.8 Å². The van der Waals surface area contributed by atoms with E-state index < -0.39 is 11.7 Å². The molecule has 0 aliphatic heterocycles. The van der Waals surface area contributed by atoms with Crippen LogP contribution in [0.15, 0.2) is 51.1 Å². The summed E-state index contributed by atoms with van der Waals surface area (Å²) in [5, 5.41) is 11.5. The van der Waals surface area contributed by atoms with Crippen molar-refractivity contribution >= 4 is 33.6 Å². The SMILES string of the molecule is N#C/C(=C\c1ccc(Br)o1)C(=O)Nc1ccc(F)cc1. The quantitative estimate of drug-likeness (QED) is 0.687. The van der Waals surface area contributed by atoms with Gasteiger partial charge in [-0.2, -0.15) is 5.26 Å². The maximum atomic E-state index is 12.7. The van der Waals surface area contributed by atoms with Gasteiger partial charge in [-0.25, -0.2) is 4.39 Å². The van der Waals surface area contributed by atoms with Gasteiger partial charge in [-0.3, -0.25) is 4.79 Å². The van der Waals surface area contributed by atoms with E-state index in [9.17, 15) is 9.18 Å². The van der Waals surface area contributed by atoms with Gasteiger partial charge in [0.25, 0.3) is 5.91 Å². The van der Waals surface area contributed by atoms with Crippen LogP contribution in [0.25, 0.3) is 6.08 Å². The Morgan fingerprint density at radius 2 is 2.00 bits per heavy atom. The molecule has 0 spiro atoms. The van der Waals surface area contributed by atoms with Crippen LogP contribution in [0, 0.1) is 17.1 Å². The predicted octanol–water partition coefficient (Wildman–Crippen LogP) is 3.73.